The molecule has 1 aliphatic heterocycles. The molecule has 178 valence electrons. The Labute approximate surface area is 192 Å². The van der Waals surface area contributed by atoms with Gasteiger partial charge in [-0.1, -0.05) is 46.0 Å². The molecule has 1 fully saturated rings. The molecule has 2 amide bonds. The Balaban J connectivity index is 1.75. The monoisotopic (exact) mass is 463 g/mol. The van der Waals surface area contributed by atoms with Gasteiger partial charge in [0.05, 0.1) is 4.90 Å². The number of nitrogens with zero attached hydrogens (tertiary/aromatic N) is 1. The van der Waals surface area contributed by atoms with Crippen molar-refractivity contribution in [1.82, 2.24) is 10.0 Å². The van der Waals surface area contributed by atoms with Gasteiger partial charge in [0, 0.05) is 24.7 Å². The standard InChI is InChI=1S/C24H37N3O4S/c1-16(2)23(24(29)25-20-10-8-6-5-7-9-11-20)26-32(30,31)21-12-13-22-19(15-21)14-17(3)27(22)18(4)28/h12-13,15-17,20,23,26H,5-11,14H2,1-4H3,(H,25,29)/t17-,23+/m1/s1. The number of rotatable bonds is 6. The number of carbonyl (C=O) groups excluding carboxylic acids is 2. The fraction of sp³-hybridized carbons (Fsp3) is 0.667. The van der Waals surface area contributed by atoms with Crippen molar-refractivity contribution in [3.05, 3.63) is 23.8 Å². The van der Waals surface area contributed by atoms with Gasteiger partial charge in [-0.05, 0) is 55.9 Å². The normalized spacial score (nSPS) is 21.0. The quantitative estimate of drug-likeness (QED) is 0.675. The minimum atomic E-state index is -3.89. The van der Waals surface area contributed by atoms with Crippen LogP contribution in [-0.4, -0.2) is 38.4 Å². The zero-order chi connectivity index (χ0) is 23.5. The molecule has 1 aromatic carbocycles. The third-order valence-corrected chi connectivity index (χ3v) is 8.04. The minimum Gasteiger partial charge on any atom is -0.352 e. The number of carbonyl (C=O) groups is 2. The predicted molar refractivity (Wildman–Crippen MR) is 126 cm³/mol. The first-order valence-corrected chi connectivity index (χ1v) is 13.3. The van der Waals surface area contributed by atoms with Crippen molar-refractivity contribution in [3.8, 4) is 0 Å². The molecule has 0 aromatic heterocycles. The Morgan fingerprint density at radius 1 is 1.06 bits per heavy atom. The van der Waals surface area contributed by atoms with E-state index in [1.165, 1.54) is 32.3 Å². The first kappa shape index (κ1) is 24.7. The molecule has 1 aliphatic carbocycles. The van der Waals surface area contributed by atoms with Crippen molar-refractivity contribution in [2.24, 2.45) is 5.92 Å². The van der Waals surface area contributed by atoms with Crippen LogP contribution in [0.3, 0.4) is 0 Å². The highest BCUT2D eigenvalue weighted by molar-refractivity contribution is 7.89. The van der Waals surface area contributed by atoms with Crippen LogP contribution in [-0.2, 0) is 26.0 Å². The number of sulfonamides is 1. The summed E-state index contributed by atoms with van der Waals surface area (Å²) < 4.78 is 29.0. The summed E-state index contributed by atoms with van der Waals surface area (Å²) in [4.78, 5) is 26.8. The maximum Gasteiger partial charge on any atom is 0.241 e. The molecule has 0 unspecified atom stereocenters. The Morgan fingerprint density at radius 2 is 1.69 bits per heavy atom. The van der Waals surface area contributed by atoms with Crippen LogP contribution in [0.4, 0.5) is 5.69 Å². The largest absolute Gasteiger partial charge is 0.352 e. The van der Waals surface area contributed by atoms with E-state index in [0.717, 1.165) is 36.9 Å². The average molecular weight is 464 g/mol. The number of hydrogen-bond donors (Lipinski definition) is 2. The molecule has 2 atom stereocenters. The number of hydrogen-bond acceptors (Lipinski definition) is 4. The van der Waals surface area contributed by atoms with Crippen LogP contribution in [0.25, 0.3) is 0 Å². The summed E-state index contributed by atoms with van der Waals surface area (Å²) in [5, 5.41) is 3.10. The average Bonchev–Trinajstić information content (AvgIpc) is 3.02. The maximum absolute atomic E-state index is 13.2. The predicted octanol–water partition coefficient (Wildman–Crippen LogP) is 3.52. The molecule has 2 aliphatic rings. The first-order valence-electron chi connectivity index (χ1n) is 11.9. The fourth-order valence-corrected chi connectivity index (χ4v) is 6.27. The molecule has 1 saturated carbocycles. The SMILES string of the molecule is CC(=O)N1c2ccc(S(=O)(=O)N[C@H](C(=O)NC3CCCCCCC3)C(C)C)cc2C[C@H]1C. The molecule has 1 aromatic rings. The summed E-state index contributed by atoms with van der Waals surface area (Å²) in [6, 6.07) is 4.08. The van der Waals surface area contributed by atoms with E-state index >= 15 is 0 Å². The maximum atomic E-state index is 13.2. The number of anilines is 1. The van der Waals surface area contributed by atoms with Crippen molar-refractivity contribution in [2.75, 3.05) is 4.90 Å². The second-order valence-corrected chi connectivity index (χ2v) is 11.3. The van der Waals surface area contributed by atoms with Crippen molar-refractivity contribution in [1.29, 1.82) is 0 Å². The summed E-state index contributed by atoms with van der Waals surface area (Å²) in [6.07, 6.45) is 8.29. The molecule has 0 bridgehead atoms. The molecule has 2 N–H and O–H groups in total. The summed E-state index contributed by atoms with van der Waals surface area (Å²) in [5.41, 5.74) is 1.59. The molecule has 0 saturated heterocycles. The zero-order valence-electron chi connectivity index (χ0n) is 19.7. The smallest absolute Gasteiger partial charge is 0.241 e. The third-order valence-electron chi connectivity index (χ3n) is 6.60. The molecule has 0 radical (unpaired) electrons. The van der Waals surface area contributed by atoms with Crippen molar-refractivity contribution in [3.63, 3.8) is 0 Å². The van der Waals surface area contributed by atoms with Gasteiger partial charge in [-0.15, -0.1) is 0 Å². The number of amides is 2. The van der Waals surface area contributed by atoms with Gasteiger partial charge in [0.1, 0.15) is 6.04 Å². The van der Waals surface area contributed by atoms with E-state index in [1.54, 1.807) is 17.0 Å². The molecule has 1 heterocycles. The van der Waals surface area contributed by atoms with Crippen LogP contribution in [0, 0.1) is 5.92 Å². The third kappa shape index (κ3) is 5.70. The lowest BCUT2D eigenvalue weighted by atomic mass is 9.96. The van der Waals surface area contributed by atoms with E-state index in [1.807, 2.05) is 20.8 Å². The van der Waals surface area contributed by atoms with Gasteiger partial charge in [0.15, 0.2) is 0 Å². The summed E-state index contributed by atoms with van der Waals surface area (Å²) >= 11 is 0. The summed E-state index contributed by atoms with van der Waals surface area (Å²) in [6.45, 7) is 7.15. The van der Waals surface area contributed by atoms with E-state index in [2.05, 4.69) is 10.0 Å². The molecule has 7 nitrogen and oxygen atoms in total. The molecular weight excluding hydrogens is 426 g/mol. The van der Waals surface area contributed by atoms with Crippen LogP contribution in [0.15, 0.2) is 23.1 Å². The number of fused-ring (bicyclic) bond motifs is 1. The number of benzene rings is 1. The summed E-state index contributed by atoms with van der Waals surface area (Å²) in [7, 11) is -3.89. The van der Waals surface area contributed by atoms with Crippen LogP contribution < -0.4 is 14.9 Å². The highest BCUT2D eigenvalue weighted by Gasteiger charge is 2.33. The highest BCUT2D eigenvalue weighted by atomic mass is 32.2. The van der Waals surface area contributed by atoms with Gasteiger partial charge in [-0.25, -0.2) is 8.42 Å². The van der Waals surface area contributed by atoms with E-state index in [4.69, 9.17) is 0 Å². The fourth-order valence-electron chi connectivity index (χ4n) is 4.87. The van der Waals surface area contributed by atoms with Gasteiger partial charge in [0.25, 0.3) is 0 Å². The molecule has 8 heteroatoms. The zero-order valence-corrected chi connectivity index (χ0v) is 20.5. The van der Waals surface area contributed by atoms with Crippen LogP contribution in [0.1, 0.15) is 78.2 Å². The lowest BCUT2D eigenvalue weighted by molar-refractivity contribution is -0.124. The second kappa shape index (κ2) is 10.3. The van der Waals surface area contributed by atoms with Gasteiger partial charge >= 0.3 is 0 Å². The molecular formula is C24H37N3O4S. The second-order valence-electron chi connectivity index (χ2n) is 9.63. The number of nitrogens with one attached hydrogen (secondary N) is 2. The van der Waals surface area contributed by atoms with E-state index in [-0.39, 0.29) is 34.7 Å². The Hall–Kier alpha value is -1.93. The topological polar surface area (TPSA) is 95.6 Å². The van der Waals surface area contributed by atoms with Crippen LogP contribution in [0.2, 0.25) is 0 Å². The van der Waals surface area contributed by atoms with Crippen molar-refractivity contribution in [2.45, 2.75) is 102 Å². The van der Waals surface area contributed by atoms with Gasteiger partial charge in [-0.2, -0.15) is 4.72 Å². The van der Waals surface area contributed by atoms with Crippen molar-refractivity contribution < 1.29 is 18.0 Å². The Bertz CT molecular complexity index is 937. The van der Waals surface area contributed by atoms with E-state index in [0.29, 0.717) is 6.42 Å². The first-order chi connectivity index (χ1) is 15.1. The van der Waals surface area contributed by atoms with Gasteiger partial charge < -0.3 is 10.2 Å². The summed E-state index contributed by atoms with van der Waals surface area (Å²) in [5.74, 6) is -0.511. The molecule has 32 heavy (non-hydrogen) atoms. The Kier molecular flexibility index (Phi) is 7.98. The lowest BCUT2D eigenvalue weighted by Gasteiger charge is -2.26. The Morgan fingerprint density at radius 3 is 2.28 bits per heavy atom. The van der Waals surface area contributed by atoms with E-state index in [9.17, 15) is 18.0 Å². The molecule has 0 spiro atoms. The van der Waals surface area contributed by atoms with Crippen LogP contribution >= 0.6 is 0 Å². The minimum absolute atomic E-state index is 0.00798. The van der Waals surface area contributed by atoms with Gasteiger partial charge in [0.2, 0.25) is 21.8 Å². The molecule has 3 rings (SSSR count). The van der Waals surface area contributed by atoms with Crippen molar-refractivity contribution >= 4 is 27.5 Å². The van der Waals surface area contributed by atoms with Gasteiger partial charge in [-0.3, -0.25) is 9.59 Å². The van der Waals surface area contributed by atoms with E-state index < -0.39 is 16.1 Å². The van der Waals surface area contributed by atoms with Crippen LogP contribution in [0.5, 0.6) is 0 Å². The lowest BCUT2D eigenvalue weighted by Crippen LogP contribution is -2.52. The highest BCUT2D eigenvalue weighted by Crippen LogP contribution is 2.34.